The molecule has 0 fully saturated rings. The number of nitrogens with one attached hydrogen (secondary N) is 2. The van der Waals surface area contributed by atoms with E-state index >= 15 is 0 Å². The number of halogens is 1. The van der Waals surface area contributed by atoms with Gasteiger partial charge in [0.15, 0.2) is 0 Å². The van der Waals surface area contributed by atoms with E-state index in [0.29, 0.717) is 5.69 Å². The Bertz CT molecular complexity index is 457. The predicted molar refractivity (Wildman–Crippen MR) is 64.0 cm³/mol. The maximum absolute atomic E-state index is 10.9. The van der Waals surface area contributed by atoms with E-state index in [1.807, 2.05) is 0 Å². The van der Waals surface area contributed by atoms with Gasteiger partial charge in [-0.3, -0.25) is 3.53 Å². The van der Waals surface area contributed by atoms with Crippen LogP contribution in [-0.2, 0) is 10.0 Å². The highest BCUT2D eigenvalue weighted by atomic mass is 127. The monoisotopic (exact) mass is 341 g/mol. The number of anilines is 1. The van der Waals surface area contributed by atoms with Gasteiger partial charge in [0.2, 0.25) is 10.0 Å². The summed E-state index contributed by atoms with van der Waals surface area (Å²) in [6.07, 6.45) is 0. The van der Waals surface area contributed by atoms with Gasteiger partial charge in [0.1, 0.15) is 0 Å². The van der Waals surface area contributed by atoms with Crippen molar-refractivity contribution >= 4 is 44.6 Å². The molecule has 0 radical (unpaired) electrons. The zero-order chi connectivity index (χ0) is 11.5. The minimum absolute atomic E-state index is 0.00271. The Morgan fingerprint density at radius 3 is 2.20 bits per heavy atom. The first-order valence-electron chi connectivity index (χ1n) is 3.74. The predicted octanol–water partition coefficient (Wildman–Crippen LogP) is 0.806. The molecule has 8 heteroatoms. The highest BCUT2D eigenvalue weighted by Crippen LogP contribution is 2.12. The number of hydrogen-bond acceptors (Lipinski definition) is 3. The molecule has 2 amide bonds. The molecule has 0 saturated heterocycles. The van der Waals surface area contributed by atoms with Crippen molar-refractivity contribution in [1.82, 2.24) is 3.53 Å². The molecule has 0 spiro atoms. The summed E-state index contributed by atoms with van der Waals surface area (Å²) in [5.74, 6) is 0. The molecule has 82 valence electrons. The summed E-state index contributed by atoms with van der Waals surface area (Å²) in [6, 6.07) is 5.15. The lowest BCUT2D eigenvalue weighted by Gasteiger charge is -2.03. The molecule has 0 aromatic heterocycles. The topological polar surface area (TPSA) is 101 Å². The van der Waals surface area contributed by atoms with Gasteiger partial charge in [-0.25, -0.2) is 18.4 Å². The minimum Gasteiger partial charge on any atom is -0.307 e. The third-order valence-electron chi connectivity index (χ3n) is 1.53. The maximum atomic E-state index is 10.9. The summed E-state index contributed by atoms with van der Waals surface area (Å²) in [6.45, 7) is 0. The Morgan fingerprint density at radius 1 is 1.27 bits per heavy atom. The fraction of sp³-hybridized carbons (Fsp3) is 0. The second-order valence-corrected chi connectivity index (χ2v) is 4.72. The number of rotatable bonds is 2. The third-order valence-corrected chi connectivity index (χ3v) is 2.95. The van der Waals surface area contributed by atoms with Crippen LogP contribution in [-0.4, -0.2) is 14.4 Å². The summed E-state index contributed by atoms with van der Waals surface area (Å²) >= 11 is 1.68. The summed E-state index contributed by atoms with van der Waals surface area (Å²) in [7, 11) is -3.68. The summed E-state index contributed by atoms with van der Waals surface area (Å²) in [5, 5.41) is 7.38. The number of amides is 2. The largest absolute Gasteiger partial charge is 0.327 e. The van der Waals surface area contributed by atoms with Crippen molar-refractivity contribution < 1.29 is 13.2 Å². The number of carbonyl (C=O) groups is 1. The normalized spacial score (nSPS) is 10.8. The van der Waals surface area contributed by atoms with E-state index < -0.39 is 10.0 Å². The number of primary sulfonamides is 1. The van der Waals surface area contributed by atoms with Crippen LogP contribution in [0, 0.1) is 0 Å². The number of hydrogen-bond donors (Lipinski definition) is 3. The van der Waals surface area contributed by atoms with Gasteiger partial charge >= 0.3 is 6.03 Å². The molecule has 0 aliphatic heterocycles. The zero-order valence-electron chi connectivity index (χ0n) is 7.40. The third kappa shape index (κ3) is 3.64. The van der Waals surface area contributed by atoms with Gasteiger partial charge in [-0.15, -0.1) is 0 Å². The molecule has 15 heavy (non-hydrogen) atoms. The molecule has 1 aromatic rings. The lowest BCUT2D eigenvalue weighted by atomic mass is 10.3. The van der Waals surface area contributed by atoms with Crippen molar-refractivity contribution in [1.29, 1.82) is 0 Å². The number of urea groups is 1. The number of benzene rings is 1. The fourth-order valence-electron chi connectivity index (χ4n) is 0.883. The van der Waals surface area contributed by atoms with Crippen LogP contribution < -0.4 is 14.0 Å². The Balaban J connectivity index is 2.86. The number of sulfonamides is 1. The van der Waals surface area contributed by atoms with E-state index in [4.69, 9.17) is 5.14 Å². The van der Waals surface area contributed by atoms with Crippen molar-refractivity contribution in [3.8, 4) is 0 Å². The second-order valence-electron chi connectivity index (χ2n) is 2.62. The fourth-order valence-corrected chi connectivity index (χ4v) is 1.53. The SMILES string of the molecule is NS(=O)(=O)c1ccc(NC(=O)NI)cc1. The van der Waals surface area contributed by atoms with E-state index in [1.165, 1.54) is 24.3 Å². The summed E-state index contributed by atoms with van der Waals surface area (Å²) < 4.78 is 24.1. The lowest BCUT2D eigenvalue weighted by molar-refractivity contribution is 0.258. The number of nitrogens with two attached hydrogens (primary N) is 1. The minimum atomic E-state index is -3.68. The molecular formula is C7H8IN3O3S. The average Bonchev–Trinajstić information content (AvgIpc) is 2.17. The Kier molecular flexibility index (Phi) is 3.88. The molecule has 1 rings (SSSR count). The van der Waals surface area contributed by atoms with E-state index in [9.17, 15) is 13.2 Å². The van der Waals surface area contributed by atoms with Crippen LogP contribution in [0.25, 0.3) is 0 Å². The molecule has 6 nitrogen and oxygen atoms in total. The second kappa shape index (κ2) is 4.77. The molecule has 4 N–H and O–H groups in total. The van der Waals surface area contributed by atoms with Crippen molar-refractivity contribution in [3.05, 3.63) is 24.3 Å². The van der Waals surface area contributed by atoms with Crippen LogP contribution in [0.4, 0.5) is 10.5 Å². The van der Waals surface area contributed by atoms with Crippen molar-refractivity contribution in [3.63, 3.8) is 0 Å². The molecule has 1 aromatic carbocycles. The highest BCUT2D eigenvalue weighted by Gasteiger charge is 2.07. The molecule has 0 aliphatic carbocycles. The summed E-state index contributed by atoms with van der Waals surface area (Å²) in [5.41, 5.74) is 0.483. The molecule has 0 heterocycles. The van der Waals surface area contributed by atoms with Gasteiger partial charge in [0.25, 0.3) is 0 Å². The van der Waals surface area contributed by atoms with Gasteiger partial charge < -0.3 is 5.32 Å². The highest BCUT2D eigenvalue weighted by molar-refractivity contribution is 14.1. The van der Waals surface area contributed by atoms with Gasteiger partial charge in [0.05, 0.1) is 27.8 Å². The van der Waals surface area contributed by atoms with E-state index in [-0.39, 0.29) is 10.9 Å². The standard InChI is InChI=1S/C7H8IN3O3S/c8-11-7(12)10-5-1-3-6(4-2-5)15(9,13)14/h1-4H,(H2,9,13,14)(H2,10,11,12). The van der Waals surface area contributed by atoms with Crippen LogP contribution in [0.5, 0.6) is 0 Å². The van der Waals surface area contributed by atoms with Gasteiger partial charge in [-0.2, -0.15) is 0 Å². The van der Waals surface area contributed by atoms with Crippen LogP contribution >= 0.6 is 22.9 Å². The van der Waals surface area contributed by atoms with Crippen molar-refractivity contribution in [2.75, 3.05) is 5.32 Å². The molecule has 0 unspecified atom stereocenters. The smallest absolute Gasteiger partial charge is 0.307 e. The Morgan fingerprint density at radius 2 is 1.80 bits per heavy atom. The first-order chi connectivity index (χ1) is 6.93. The molecule has 0 aliphatic rings. The van der Waals surface area contributed by atoms with Gasteiger partial charge in [-0.05, 0) is 24.3 Å². The molecular weight excluding hydrogens is 333 g/mol. The van der Waals surface area contributed by atoms with Crippen LogP contribution in [0.2, 0.25) is 0 Å². The molecule has 0 bridgehead atoms. The zero-order valence-corrected chi connectivity index (χ0v) is 10.4. The molecule has 0 saturated carbocycles. The van der Waals surface area contributed by atoms with Crippen molar-refractivity contribution in [2.24, 2.45) is 5.14 Å². The van der Waals surface area contributed by atoms with E-state index in [0.717, 1.165) is 0 Å². The van der Waals surface area contributed by atoms with Crippen molar-refractivity contribution in [2.45, 2.75) is 4.90 Å². The van der Waals surface area contributed by atoms with Gasteiger partial charge in [-0.1, -0.05) is 0 Å². The van der Waals surface area contributed by atoms with E-state index in [2.05, 4.69) is 8.85 Å². The first kappa shape index (κ1) is 12.2. The van der Waals surface area contributed by atoms with Crippen LogP contribution in [0.1, 0.15) is 0 Å². The average molecular weight is 341 g/mol. The van der Waals surface area contributed by atoms with Crippen LogP contribution in [0.15, 0.2) is 29.2 Å². The van der Waals surface area contributed by atoms with Gasteiger partial charge in [0, 0.05) is 5.69 Å². The summed E-state index contributed by atoms with van der Waals surface area (Å²) in [4.78, 5) is 10.9. The van der Waals surface area contributed by atoms with Crippen LogP contribution in [0.3, 0.4) is 0 Å². The maximum Gasteiger partial charge on any atom is 0.327 e. The Labute approximate surface area is 101 Å². The molecule has 0 atom stereocenters. The van der Waals surface area contributed by atoms with E-state index in [1.54, 1.807) is 22.9 Å². The lowest BCUT2D eigenvalue weighted by Crippen LogP contribution is -2.19. The Hall–Kier alpha value is -0.870. The quantitative estimate of drug-likeness (QED) is 0.548. The number of carbonyl (C=O) groups excluding carboxylic acids is 1. The first-order valence-corrected chi connectivity index (χ1v) is 6.36.